The Hall–Kier alpha value is -4.36. The van der Waals surface area contributed by atoms with Gasteiger partial charge in [0.2, 0.25) is 28.6 Å². The molecule has 6 rings (SSSR count). The average Bonchev–Trinajstić information content (AvgIpc) is 3.63. The number of piperidine rings is 1. The van der Waals surface area contributed by atoms with Crippen molar-refractivity contribution in [2.45, 2.75) is 102 Å². The lowest BCUT2D eigenvalue weighted by atomic mass is 9.91. The molecule has 2 heterocycles. The van der Waals surface area contributed by atoms with Crippen molar-refractivity contribution in [2.75, 3.05) is 13.9 Å². The molecular formula is C42H53ClN4O7S. The number of carbonyl (C=O) groups excluding carboxylic acids is 2. The third-order valence-corrected chi connectivity index (χ3v) is 12.0. The zero-order valence-electron chi connectivity index (χ0n) is 32.3. The molecule has 2 aliphatic heterocycles. The van der Waals surface area contributed by atoms with E-state index in [1.165, 1.54) is 25.3 Å². The van der Waals surface area contributed by atoms with E-state index in [0.29, 0.717) is 34.9 Å². The van der Waals surface area contributed by atoms with Crippen molar-refractivity contribution in [1.82, 2.24) is 20.3 Å². The molecule has 296 valence electrons. The van der Waals surface area contributed by atoms with Gasteiger partial charge in [-0.25, -0.2) is 13.1 Å². The van der Waals surface area contributed by atoms with E-state index in [1.807, 2.05) is 32.0 Å². The Morgan fingerprint density at radius 1 is 0.836 bits per heavy atom. The zero-order valence-corrected chi connectivity index (χ0v) is 34.0. The maximum atomic E-state index is 14.1. The topological polar surface area (TPSA) is 135 Å². The van der Waals surface area contributed by atoms with Gasteiger partial charge in [0, 0.05) is 31.1 Å². The number of likely N-dealkylation sites (tertiary alicyclic amines) is 1. The van der Waals surface area contributed by atoms with E-state index < -0.39 is 33.9 Å². The molecule has 1 unspecified atom stereocenters. The number of carbonyl (C=O) groups is 2. The molecule has 1 fully saturated rings. The first-order valence-electron chi connectivity index (χ1n) is 18.7. The molecule has 0 spiro atoms. The fourth-order valence-electron chi connectivity index (χ4n) is 7.42. The number of fused-ring (bicyclic) bond motifs is 2. The van der Waals surface area contributed by atoms with Gasteiger partial charge >= 0.3 is 0 Å². The highest BCUT2D eigenvalue weighted by Gasteiger charge is 2.31. The van der Waals surface area contributed by atoms with Gasteiger partial charge in [-0.05, 0) is 104 Å². The summed E-state index contributed by atoms with van der Waals surface area (Å²) in [6.45, 7) is 11.0. The second-order valence-electron chi connectivity index (χ2n) is 14.9. The number of nitrogens with one attached hydrogen (secondary N) is 3. The second kappa shape index (κ2) is 18.1. The van der Waals surface area contributed by atoms with E-state index in [0.717, 1.165) is 28.4 Å². The molecule has 0 aromatic heterocycles. The van der Waals surface area contributed by atoms with E-state index >= 15 is 0 Å². The molecule has 1 saturated heterocycles. The SMILES string of the molecule is COc1ccc2cc(S(=O)(=O)N[C@H](CC(=O)NC(c3ccc(CN4[C@H](C)CCC[C@@H]4C)cc3)[C@@H](C)C(=O)NC(C)C)c3ccc4c(c3)OCO4)ccc2c1.Cl. The Balaban J connectivity index is 0.00000580. The molecule has 2 amide bonds. The van der Waals surface area contributed by atoms with Gasteiger partial charge in [-0.15, -0.1) is 12.4 Å². The van der Waals surface area contributed by atoms with Crippen LogP contribution >= 0.6 is 12.4 Å². The molecule has 2 aliphatic rings. The molecule has 4 aromatic rings. The minimum Gasteiger partial charge on any atom is -0.497 e. The molecule has 0 radical (unpaired) electrons. The summed E-state index contributed by atoms with van der Waals surface area (Å²) >= 11 is 0. The number of ether oxygens (including phenoxy) is 3. The number of rotatable bonds is 14. The normalized spacial score (nSPS) is 18.6. The van der Waals surface area contributed by atoms with Crippen molar-refractivity contribution in [3.05, 3.63) is 95.6 Å². The summed E-state index contributed by atoms with van der Waals surface area (Å²) in [5.74, 6) is 0.408. The third-order valence-electron chi connectivity index (χ3n) is 10.6. The van der Waals surface area contributed by atoms with E-state index in [1.54, 1.807) is 56.5 Å². The number of hydrogen-bond acceptors (Lipinski definition) is 8. The van der Waals surface area contributed by atoms with Crippen LogP contribution in [0.2, 0.25) is 0 Å². The fourth-order valence-corrected chi connectivity index (χ4v) is 8.68. The number of sulfonamides is 1. The summed E-state index contributed by atoms with van der Waals surface area (Å²) in [4.78, 5) is 30.1. The lowest BCUT2D eigenvalue weighted by molar-refractivity contribution is -0.127. The van der Waals surface area contributed by atoms with Crippen molar-refractivity contribution in [2.24, 2.45) is 5.92 Å². The lowest BCUT2D eigenvalue weighted by Gasteiger charge is -2.39. The van der Waals surface area contributed by atoms with Gasteiger partial charge in [0.15, 0.2) is 11.5 Å². The smallest absolute Gasteiger partial charge is 0.241 e. The minimum atomic E-state index is -4.12. The average molecular weight is 793 g/mol. The number of nitrogens with zero attached hydrogens (tertiary/aromatic N) is 1. The van der Waals surface area contributed by atoms with Gasteiger partial charge in [-0.1, -0.05) is 55.8 Å². The van der Waals surface area contributed by atoms with Gasteiger partial charge in [-0.3, -0.25) is 14.5 Å². The highest BCUT2D eigenvalue weighted by atomic mass is 35.5. The molecule has 0 aliphatic carbocycles. The summed E-state index contributed by atoms with van der Waals surface area (Å²) in [5, 5.41) is 7.63. The molecule has 4 aromatic carbocycles. The Morgan fingerprint density at radius 2 is 1.49 bits per heavy atom. The summed E-state index contributed by atoms with van der Waals surface area (Å²) < 4.78 is 47.2. The van der Waals surface area contributed by atoms with Crippen molar-refractivity contribution in [3.8, 4) is 17.2 Å². The number of hydrogen-bond donors (Lipinski definition) is 3. The zero-order chi connectivity index (χ0) is 38.6. The molecule has 0 saturated carbocycles. The van der Waals surface area contributed by atoms with Crippen LogP contribution in [0.15, 0.2) is 83.8 Å². The first kappa shape index (κ1) is 41.8. The lowest BCUT2D eigenvalue weighted by Crippen LogP contribution is -2.43. The second-order valence-corrected chi connectivity index (χ2v) is 16.6. The minimum absolute atomic E-state index is 0. The van der Waals surface area contributed by atoms with Gasteiger partial charge in [0.1, 0.15) is 5.75 Å². The highest BCUT2D eigenvalue weighted by Crippen LogP contribution is 2.36. The molecule has 55 heavy (non-hydrogen) atoms. The van der Waals surface area contributed by atoms with Gasteiger partial charge in [-0.2, -0.15) is 0 Å². The predicted molar refractivity (Wildman–Crippen MR) is 216 cm³/mol. The summed E-state index contributed by atoms with van der Waals surface area (Å²) in [5.41, 5.74) is 2.47. The summed E-state index contributed by atoms with van der Waals surface area (Å²) in [6.07, 6.45) is 3.36. The molecule has 11 nitrogen and oxygen atoms in total. The quantitative estimate of drug-likeness (QED) is 0.122. The Labute approximate surface area is 331 Å². The summed E-state index contributed by atoms with van der Waals surface area (Å²) in [7, 11) is -2.55. The molecule has 3 N–H and O–H groups in total. The molecular weight excluding hydrogens is 740 g/mol. The van der Waals surface area contributed by atoms with Crippen LogP contribution in [-0.2, 0) is 26.2 Å². The highest BCUT2D eigenvalue weighted by molar-refractivity contribution is 7.89. The van der Waals surface area contributed by atoms with Crippen molar-refractivity contribution in [1.29, 1.82) is 0 Å². The van der Waals surface area contributed by atoms with Crippen LogP contribution in [0.5, 0.6) is 17.2 Å². The van der Waals surface area contributed by atoms with E-state index in [9.17, 15) is 18.0 Å². The first-order valence-corrected chi connectivity index (χ1v) is 20.2. The van der Waals surface area contributed by atoms with Crippen molar-refractivity contribution in [3.63, 3.8) is 0 Å². The Bertz CT molecular complexity index is 2070. The van der Waals surface area contributed by atoms with Crippen LogP contribution in [0.3, 0.4) is 0 Å². The Morgan fingerprint density at radius 3 is 2.18 bits per heavy atom. The Kier molecular flexibility index (Phi) is 13.7. The van der Waals surface area contributed by atoms with Crippen molar-refractivity contribution >= 4 is 45.0 Å². The number of halogens is 1. The standard InChI is InChI=1S/C42H52N4O7S.ClH/c1-26(2)43-42(48)29(5)41(31-12-10-30(11-13-31)24-46-27(3)8-7-9-28(46)4)44-40(47)23-37(34-16-19-38-39(22-34)53-25-52-38)45-54(49,50)36-18-15-32-20-35(51-6)17-14-33(32)21-36;/h10-22,26-29,37,41,45H,7-9,23-25H2,1-6H3,(H,43,48)(H,44,47);1H/t27-,28+,29-,37-,41?;/m1./s1. The van der Waals surface area contributed by atoms with E-state index in [4.69, 9.17) is 14.2 Å². The molecule has 13 heteroatoms. The van der Waals surface area contributed by atoms with Crippen molar-refractivity contribution < 1.29 is 32.2 Å². The summed E-state index contributed by atoms with van der Waals surface area (Å²) in [6, 6.07) is 22.7. The van der Waals surface area contributed by atoms with Crippen LogP contribution in [0.1, 0.15) is 89.1 Å². The number of amides is 2. The maximum Gasteiger partial charge on any atom is 0.241 e. The van der Waals surface area contributed by atoms with Crippen LogP contribution in [0, 0.1) is 5.92 Å². The van der Waals surface area contributed by atoms with Crippen LogP contribution in [0.4, 0.5) is 0 Å². The van der Waals surface area contributed by atoms with Crippen LogP contribution < -0.4 is 29.6 Å². The number of methoxy groups -OCH3 is 1. The van der Waals surface area contributed by atoms with E-state index in [-0.39, 0.29) is 42.5 Å². The van der Waals surface area contributed by atoms with Crippen LogP contribution in [0.25, 0.3) is 10.8 Å². The van der Waals surface area contributed by atoms with Gasteiger partial charge in [0.05, 0.1) is 30.0 Å². The largest absolute Gasteiger partial charge is 0.497 e. The predicted octanol–water partition coefficient (Wildman–Crippen LogP) is 7.19. The van der Waals surface area contributed by atoms with Gasteiger partial charge < -0.3 is 24.8 Å². The molecule has 5 atom stereocenters. The molecule has 0 bridgehead atoms. The monoisotopic (exact) mass is 792 g/mol. The fraction of sp³-hybridized carbons (Fsp3) is 0.429. The number of benzene rings is 4. The van der Waals surface area contributed by atoms with E-state index in [2.05, 4.69) is 46.2 Å². The van der Waals surface area contributed by atoms with Gasteiger partial charge in [0.25, 0.3) is 0 Å². The first-order chi connectivity index (χ1) is 25.8. The maximum absolute atomic E-state index is 14.1. The van der Waals surface area contributed by atoms with Crippen LogP contribution in [-0.4, -0.2) is 57.2 Å². The third kappa shape index (κ3) is 10.1.